The molecule has 4 heavy (non-hydrogen) atoms. The number of hydrogen-bond acceptors (Lipinski definition) is 0. The highest BCUT2D eigenvalue weighted by atomic mass is 35.6. The molecular weight excluding hydrogens is 127 g/mol. The predicted molar refractivity (Wildman–Crippen MR) is 28.8 cm³/mol. The lowest BCUT2D eigenvalue weighted by atomic mass is 27.0. The van der Waals surface area contributed by atoms with E-state index in [1.54, 1.807) is 0 Å². The van der Waals surface area contributed by atoms with Crippen molar-refractivity contribution in [3.05, 3.63) is 0 Å². The highest BCUT2D eigenvalue weighted by Gasteiger charge is 1.67. The first-order valence-corrected chi connectivity index (χ1v) is 9.31. The van der Waals surface area contributed by atoms with Gasteiger partial charge < -0.3 is 0 Å². The molecule has 0 unspecified atom stereocenters. The predicted octanol–water partition coefficient (Wildman–Crippen LogP) is -0.453. The summed E-state index contributed by atoms with van der Waals surface area (Å²) in [5, 5.41) is 0. The summed E-state index contributed by atoms with van der Waals surface area (Å²) in [6.07, 6.45) is 0. The maximum atomic E-state index is 5.25. The van der Waals surface area contributed by atoms with Crippen LogP contribution in [0.5, 0.6) is 0 Å². The van der Waals surface area contributed by atoms with Crippen LogP contribution in [0.1, 0.15) is 0 Å². The van der Waals surface area contributed by atoms with Gasteiger partial charge in [0.2, 0.25) is 0 Å². The maximum absolute atomic E-state index is 5.25. The fraction of sp³-hybridized carbons (Fsp3) is 0. The Morgan fingerprint density at radius 2 is 1.25 bits per heavy atom. The SMILES string of the molecule is Cl[SiH2][SiH2]Cl. The molecule has 0 saturated heterocycles. The van der Waals surface area contributed by atoms with Crippen LogP contribution in [0.25, 0.3) is 0 Å². The van der Waals surface area contributed by atoms with Crippen LogP contribution in [0.15, 0.2) is 0 Å². The van der Waals surface area contributed by atoms with E-state index in [0.717, 1.165) is 0 Å². The molecule has 0 aromatic carbocycles. The molecule has 0 aliphatic heterocycles. The van der Waals surface area contributed by atoms with Gasteiger partial charge in [-0.05, 0) is 0 Å². The molecular formula is H4Cl2Si2. The monoisotopic (exact) mass is 130 g/mol. The van der Waals surface area contributed by atoms with Crippen molar-refractivity contribution in [2.45, 2.75) is 0 Å². The molecule has 0 fully saturated rings. The molecule has 0 atom stereocenters. The molecule has 0 aromatic heterocycles. The summed E-state index contributed by atoms with van der Waals surface area (Å²) >= 11 is 10.5. The molecule has 0 aliphatic rings. The van der Waals surface area contributed by atoms with E-state index in [9.17, 15) is 0 Å². The Kier molecular flexibility index (Phi) is 5.03. The van der Waals surface area contributed by atoms with Crippen molar-refractivity contribution in [1.29, 1.82) is 0 Å². The van der Waals surface area contributed by atoms with Crippen molar-refractivity contribution in [3.8, 4) is 0 Å². The average Bonchev–Trinajstić information content (AvgIpc) is 1.37. The Labute approximate surface area is 39.3 Å². The zero-order valence-corrected chi connectivity index (χ0v) is 6.51. The van der Waals surface area contributed by atoms with Crippen LogP contribution in [0.4, 0.5) is 0 Å². The third kappa shape index (κ3) is 3.01. The molecule has 0 spiro atoms. The molecule has 0 aromatic rings. The van der Waals surface area contributed by atoms with Crippen molar-refractivity contribution in [1.82, 2.24) is 0 Å². The van der Waals surface area contributed by atoms with Gasteiger partial charge in [-0.3, -0.25) is 0 Å². The van der Waals surface area contributed by atoms with E-state index in [4.69, 9.17) is 22.2 Å². The molecule has 0 bridgehead atoms. The van der Waals surface area contributed by atoms with E-state index in [1.165, 1.54) is 0 Å². The smallest absolute Gasteiger partial charge is 0.128 e. The topological polar surface area (TPSA) is 0 Å². The second-order valence-corrected chi connectivity index (χ2v) is 10.2. The summed E-state index contributed by atoms with van der Waals surface area (Å²) in [6, 6.07) is 0. The Morgan fingerprint density at radius 1 is 1.00 bits per heavy atom. The summed E-state index contributed by atoms with van der Waals surface area (Å²) in [7, 11) is -0.398. The number of rotatable bonds is 1. The highest BCUT2D eigenvalue weighted by Crippen LogP contribution is 1.66. The van der Waals surface area contributed by atoms with Gasteiger partial charge in [0.1, 0.15) is 16.7 Å². The minimum absolute atomic E-state index is 0.199. The number of hydrogen-bond donors (Lipinski definition) is 0. The Bertz CT molecular complexity index is 6.00. The molecule has 26 valence electrons. The Hall–Kier alpha value is 1.01. The standard InChI is InChI=1S/Cl2H4Si2/c1-3-4-2/h3-4H2. The molecule has 0 N–H and O–H groups in total. The summed E-state index contributed by atoms with van der Waals surface area (Å²) in [5.74, 6) is 0. The first-order chi connectivity index (χ1) is 1.91. The highest BCUT2D eigenvalue weighted by molar-refractivity contribution is 7.40. The maximum Gasteiger partial charge on any atom is 0.128 e. The van der Waals surface area contributed by atoms with Crippen molar-refractivity contribution >= 4 is 38.9 Å². The van der Waals surface area contributed by atoms with Gasteiger partial charge in [-0.15, -0.1) is 0 Å². The first-order valence-electron chi connectivity index (χ1n) is 1.03. The van der Waals surface area contributed by atoms with Gasteiger partial charge in [0.15, 0.2) is 0 Å². The van der Waals surface area contributed by atoms with E-state index in [2.05, 4.69) is 0 Å². The minimum atomic E-state index is -0.199. The zero-order valence-electron chi connectivity index (χ0n) is 2.17. The van der Waals surface area contributed by atoms with Gasteiger partial charge >= 0.3 is 0 Å². The lowest BCUT2D eigenvalue weighted by Crippen LogP contribution is -1.78. The minimum Gasteiger partial charge on any atom is -0.179 e. The van der Waals surface area contributed by atoms with Crippen molar-refractivity contribution < 1.29 is 0 Å². The molecule has 0 nitrogen and oxygen atoms in total. The van der Waals surface area contributed by atoms with Crippen molar-refractivity contribution in [2.75, 3.05) is 0 Å². The van der Waals surface area contributed by atoms with E-state index < -0.39 is 0 Å². The molecule has 0 aliphatic carbocycles. The quantitative estimate of drug-likeness (QED) is 0.334. The van der Waals surface area contributed by atoms with Gasteiger partial charge in [-0.1, -0.05) is 0 Å². The fourth-order valence-corrected chi connectivity index (χ4v) is 0. The van der Waals surface area contributed by atoms with E-state index in [1.807, 2.05) is 0 Å². The second-order valence-electron chi connectivity index (χ2n) is 0.378. The molecule has 0 saturated carbocycles. The zero-order chi connectivity index (χ0) is 3.41. The summed E-state index contributed by atoms with van der Waals surface area (Å²) in [6.45, 7) is 0. The van der Waals surface area contributed by atoms with Crippen LogP contribution in [0, 0.1) is 0 Å². The van der Waals surface area contributed by atoms with Gasteiger partial charge in [-0.2, -0.15) is 22.2 Å². The van der Waals surface area contributed by atoms with E-state index >= 15 is 0 Å². The molecule has 0 rings (SSSR count). The lowest BCUT2D eigenvalue weighted by molar-refractivity contribution is 4.16. The summed E-state index contributed by atoms with van der Waals surface area (Å²) in [4.78, 5) is 0. The van der Waals surface area contributed by atoms with Gasteiger partial charge in [0, 0.05) is 0 Å². The van der Waals surface area contributed by atoms with E-state index in [0.29, 0.717) is 0 Å². The average molecular weight is 131 g/mol. The van der Waals surface area contributed by atoms with Crippen molar-refractivity contribution in [2.24, 2.45) is 0 Å². The summed E-state index contributed by atoms with van der Waals surface area (Å²) < 4.78 is 0. The van der Waals surface area contributed by atoms with Gasteiger partial charge in [0.25, 0.3) is 0 Å². The molecule has 0 heterocycles. The van der Waals surface area contributed by atoms with Crippen LogP contribution in [-0.2, 0) is 0 Å². The van der Waals surface area contributed by atoms with Crippen LogP contribution < -0.4 is 0 Å². The lowest BCUT2D eigenvalue weighted by Gasteiger charge is -1.58. The van der Waals surface area contributed by atoms with Crippen LogP contribution in [0.2, 0.25) is 0 Å². The van der Waals surface area contributed by atoms with Crippen LogP contribution in [0.3, 0.4) is 0 Å². The van der Waals surface area contributed by atoms with Gasteiger partial charge in [0.05, 0.1) is 0 Å². The largest absolute Gasteiger partial charge is 0.179 e. The third-order valence-electron chi connectivity index (χ3n) is 0.0714. The molecule has 0 amide bonds. The number of halogens is 2. The van der Waals surface area contributed by atoms with E-state index in [-0.39, 0.29) is 16.7 Å². The molecule has 0 radical (unpaired) electrons. The van der Waals surface area contributed by atoms with Gasteiger partial charge in [-0.25, -0.2) is 0 Å². The molecule has 4 heteroatoms. The first kappa shape index (κ1) is 5.01. The van der Waals surface area contributed by atoms with Crippen molar-refractivity contribution in [3.63, 3.8) is 0 Å². The normalized spacial score (nSPS) is 13.5. The Balaban J connectivity index is 1.97. The summed E-state index contributed by atoms with van der Waals surface area (Å²) in [5.41, 5.74) is 0. The second kappa shape index (κ2) is 4.01. The fourth-order valence-electron chi connectivity index (χ4n) is 0. The third-order valence-corrected chi connectivity index (χ3v) is 5.79. The van der Waals surface area contributed by atoms with Crippen LogP contribution in [-0.4, -0.2) is 16.7 Å². The Morgan fingerprint density at radius 3 is 1.25 bits per heavy atom. The van der Waals surface area contributed by atoms with Crippen LogP contribution >= 0.6 is 22.2 Å².